The minimum absolute atomic E-state index is 0.0732. The van der Waals surface area contributed by atoms with E-state index in [1.807, 2.05) is 0 Å². The Hall–Kier alpha value is -2.96. The number of nitrogens with zero attached hydrogens (tertiary/aromatic N) is 4. The fourth-order valence-corrected chi connectivity index (χ4v) is 8.54. The minimum atomic E-state index is -4.25. The molecule has 1 aliphatic carbocycles. The molecule has 1 aromatic heterocycles. The molecule has 3 aromatic rings. The zero-order chi connectivity index (χ0) is 33.1. The van der Waals surface area contributed by atoms with Gasteiger partial charge in [0.15, 0.2) is 0 Å². The maximum absolute atomic E-state index is 13.0. The van der Waals surface area contributed by atoms with E-state index in [0.717, 1.165) is 102 Å². The standard InChI is InChI=1S/C35H47F3N6O2S/c1-2-47(45,46)42-30-10-3-26(4-11-30)23-39-29-8-5-27(6-9-29)24-43-17-13-34(14-18-43)15-19-44(20-16-34)33-31-21-28(22-35(36,37)38)7-12-32(31)40-25-41-33/h5-9,12,21,25-26,30,39,42H,2-4,10-11,13-20,22-24H2,1H3. The van der Waals surface area contributed by atoms with E-state index in [-0.39, 0.29) is 17.4 Å². The average molecular weight is 673 g/mol. The molecule has 2 aliphatic heterocycles. The smallest absolute Gasteiger partial charge is 0.385 e. The van der Waals surface area contributed by atoms with Crippen molar-refractivity contribution in [1.82, 2.24) is 19.6 Å². The summed E-state index contributed by atoms with van der Waals surface area (Å²) in [5.41, 5.74) is 3.66. The fraction of sp³-hybridized carbons (Fsp3) is 0.600. The molecule has 0 amide bonds. The molecule has 8 nitrogen and oxygen atoms in total. The van der Waals surface area contributed by atoms with E-state index in [2.05, 4.69) is 54.1 Å². The van der Waals surface area contributed by atoms with E-state index in [4.69, 9.17) is 0 Å². The van der Waals surface area contributed by atoms with Crippen molar-refractivity contribution in [2.24, 2.45) is 11.3 Å². The van der Waals surface area contributed by atoms with Crippen LogP contribution in [0.5, 0.6) is 0 Å². The molecule has 0 unspecified atom stereocenters. The molecular weight excluding hydrogens is 625 g/mol. The van der Waals surface area contributed by atoms with Gasteiger partial charge in [-0.3, -0.25) is 4.90 Å². The number of piperidine rings is 2. The molecular formula is C35H47F3N6O2S. The van der Waals surface area contributed by atoms with Gasteiger partial charge in [-0.15, -0.1) is 0 Å². The Kier molecular flexibility index (Phi) is 10.3. The van der Waals surface area contributed by atoms with Crippen LogP contribution in [-0.4, -0.2) is 74.0 Å². The summed E-state index contributed by atoms with van der Waals surface area (Å²) in [5, 5.41) is 4.28. The molecule has 12 heteroatoms. The van der Waals surface area contributed by atoms with Gasteiger partial charge in [-0.1, -0.05) is 18.2 Å². The van der Waals surface area contributed by atoms with Crippen molar-refractivity contribution in [1.29, 1.82) is 0 Å². The van der Waals surface area contributed by atoms with E-state index >= 15 is 0 Å². The normalized spacial score (nSPS) is 22.5. The maximum atomic E-state index is 13.0. The van der Waals surface area contributed by atoms with E-state index in [1.165, 1.54) is 18.0 Å². The van der Waals surface area contributed by atoms with Crippen LogP contribution >= 0.6 is 0 Å². The predicted molar refractivity (Wildman–Crippen MR) is 181 cm³/mol. The van der Waals surface area contributed by atoms with Gasteiger partial charge in [0.25, 0.3) is 0 Å². The molecule has 2 N–H and O–H groups in total. The number of hydrogen-bond donors (Lipinski definition) is 2. The lowest BCUT2D eigenvalue weighted by molar-refractivity contribution is -0.127. The van der Waals surface area contributed by atoms with Crippen molar-refractivity contribution in [2.45, 2.75) is 83.5 Å². The summed E-state index contributed by atoms with van der Waals surface area (Å²) in [6.45, 7) is 7.35. The van der Waals surface area contributed by atoms with Crippen LogP contribution in [0.4, 0.5) is 24.7 Å². The summed E-state index contributed by atoms with van der Waals surface area (Å²) in [6, 6.07) is 13.6. The number of sulfonamides is 1. The highest BCUT2D eigenvalue weighted by atomic mass is 32.2. The largest absolute Gasteiger partial charge is 0.393 e. The fourth-order valence-electron chi connectivity index (χ4n) is 7.63. The average Bonchev–Trinajstić information content (AvgIpc) is 3.05. The Morgan fingerprint density at radius 2 is 1.55 bits per heavy atom. The predicted octanol–water partition coefficient (Wildman–Crippen LogP) is 6.53. The molecule has 0 atom stereocenters. The third-order valence-electron chi connectivity index (χ3n) is 10.7. The van der Waals surface area contributed by atoms with E-state index < -0.39 is 22.6 Å². The van der Waals surface area contributed by atoms with Crippen LogP contribution in [0.1, 0.15) is 69.4 Å². The Balaban J connectivity index is 0.943. The number of aromatic nitrogens is 2. The van der Waals surface area contributed by atoms with Crippen molar-refractivity contribution in [3.05, 3.63) is 59.9 Å². The molecule has 1 saturated carbocycles. The zero-order valence-electron chi connectivity index (χ0n) is 27.2. The van der Waals surface area contributed by atoms with Crippen molar-refractivity contribution in [3.63, 3.8) is 0 Å². The van der Waals surface area contributed by atoms with Gasteiger partial charge in [-0.2, -0.15) is 13.2 Å². The molecule has 1 spiro atoms. The van der Waals surface area contributed by atoms with Crippen LogP contribution in [0.3, 0.4) is 0 Å². The number of halogens is 3. The number of fused-ring (bicyclic) bond motifs is 1. The summed E-state index contributed by atoms with van der Waals surface area (Å²) in [4.78, 5) is 13.6. The Bertz CT molecular complexity index is 1590. The second kappa shape index (κ2) is 14.3. The first-order valence-electron chi connectivity index (χ1n) is 17.1. The first kappa shape index (κ1) is 33.9. The van der Waals surface area contributed by atoms with E-state index in [0.29, 0.717) is 22.2 Å². The number of anilines is 2. The lowest BCUT2D eigenvalue weighted by atomic mass is 9.71. The molecule has 3 aliphatic rings. The van der Waals surface area contributed by atoms with Gasteiger partial charge in [0.1, 0.15) is 12.1 Å². The first-order valence-corrected chi connectivity index (χ1v) is 18.7. The van der Waals surface area contributed by atoms with E-state index in [1.54, 1.807) is 19.1 Å². The topological polar surface area (TPSA) is 90.5 Å². The molecule has 2 aromatic carbocycles. The minimum Gasteiger partial charge on any atom is -0.385 e. The third-order valence-corrected chi connectivity index (χ3v) is 12.1. The summed E-state index contributed by atoms with van der Waals surface area (Å²) in [6.07, 6.45) is 4.60. The van der Waals surface area contributed by atoms with Gasteiger partial charge in [0.2, 0.25) is 10.0 Å². The van der Waals surface area contributed by atoms with Gasteiger partial charge in [-0.05, 0) is 118 Å². The van der Waals surface area contributed by atoms with Gasteiger partial charge in [0.05, 0.1) is 17.7 Å². The number of benzene rings is 2. The molecule has 256 valence electrons. The number of hydrogen-bond acceptors (Lipinski definition) is 7. The number of nitrogens with one attached hydrogen (secondary N) is 2. The second-order valence-corrected chi connectivity index (χ2v) is 16.0. The Morgan fingerprint density at radius 3 is 2.21 bits per heavy atom. The quantitative estimate of drug-likeness (QED) is 0.253. The third kappa shape index (κ3) is 8.94. The van der Waals surface area contributed by atoms with Crippen molar-refractivity contribution < 1.29 is 21.6 Å². The van der Waals surface area contributed by atoms with E-state index in [9.17, 15) is 21.6 Å². The summed E-state index contributed by atoms with van der Waals surface area (Å²) in [7, 11) is -3.14. The Morgan fingerprint density at radius 1 is 0.894 bits per heavy atom. The second-order valence-electron chi connectivity index (χ2n) is 13.9. The van der Waals surface area contributed by atoms with Gasteiger partial charge in [-0.25, -0.2) is 23.1 Å². The number of alkyl halides is 3. The summed E-state index contributed by atoms with van der Waals surface area (Å²) in [5.74, 6) is 1.44. The van der Waals surface area contributed by atoms with Gasteiger partial charge in [0, 0.05) is 43.3 Å². The first-order chi connectivity index (χ1) is 22.5. The van der Waals surface area contributed by atoms with Gasteiger partial charge < -0.3 is 10.2 Å². The highest BCUT2D eigenvalue weighted by Gasteiger charge is 2.38. The molecule has 2 saturated heterocycles. The molecule has 3 heterocycles. The van der Waals surface area contributed by atoms with Crippen molar-refractivity contribution in [2.75, 3.05) is 48.7 Å². The highest BCUT2D eigenvalue weighted by molar-refractivity contribution is 7.89. The van der Waals surface area contributed by atoms with Crippen LogP contribution in [0.2, 0.25) is 0 Å². The summed E-state index contributed by atoms with van der Waals surface area (Å²) >= 11 is 0. The molecule has 0 radical (unpaired) electrons. The monoisotopic (exact) mass is 672 g/mol. The maximum Gasteiger partial charge on any atom is 0.393 e. The number of likely N-dealkylation sites (tertiary alicyclic amines) is 1. The molecule has 3 fully saturated rings. The van der Waals surface area contributed by atoms with Crippen LogP contribution in [0.25, 0.3) is 10.9 Å². The molecule has 0 bridgehead atoms. The zero-order valence-corrected chi connectivity index (χ0v) is 28.1. The van der Waals surface area contributed by atoms with Crippen molar-refractivity contribution >= 4 is 32.4 Å². The summed E-state index contributed by atoms with van der Waals surface area (Å²) < 4.78 is 65.7. The highest BCUT2D eigenvalue weighted by Crippen LogP contribution is 2.43. The lowest BCUT2D eigenvalue weighted by Crippen LogP contribution is -2.46. The van der Waals surface area contributed by atoms with Gasteiger partial charge >= 0.3 is 6.18 Å². The Labute approximate surface area is 276 Å². The van der Waals surface area contributed by atoms with Crippen LogP contribution in [0, 0.1) is 11.3 Å². The molecule has 47 heavy (non-hydrogen) atoms. The SMILES string of the molecule is CCS(=O)(=O)NC1CCC(CNc2ccc(CN3CCC4(CC3)CCN(c3ncnc5ccc(CC(F)(F)F)cc35)CC4)cc2)CC1. The lowest BCUT2D eigenvalue weighted by Gasteiger charge is -2.47. The van der Waals surface area contributed by atoms with Crippen LogP contribution < -0.4 is 14.9 Å². The van der Waals surface area contributed by atoms with Crippen LogP contribution in [-0.2, 0) is 23.0 Å². The number of rotatable bonds is 10. The molecule has 6 rings (SSSR count). The van der Waals surface area contributed by atoms with Crippen molar-refractivity contribution in [3.8, 4) is 0 Å². The van der Waals surface area contributed by atoms with Crippen LogP contribution in [0.15, 0.2) is 48.8 Å².